The molecule has 7 heteroatoms. The monoisotopic (exact) mass is 284 g/mol. The van der Waals surface area contributed by atoms with Crippen molar-refractivity contribution in [3.63, 3.8) is 0 Å². The molecule has 0 bridgehead atoms. The zero-order valence-corrected chi connectivity index (χ0v) is 11.8. The maximum absolute atomic E-state index is 12.1. The zero-order chi connectivity index (χ0) is 14.4. The first-order valence-corrected chi connectivity index (χ1v) is 7.35. The van der Waals surface area contributed by atoms with Crippen LogP contribution < -0.4 is 10.6 Å². The third-order valence-electron chi connectivity index (χ3n) is 3.97. The second-order valence-corrected chi connectivity index (χ2v) is 5.45. The molecule has 0 saturated carbocycles. The Labute approximate surface area is 119 Å². The molecule has 0 radical (unpaired) electrons. The molecule has 7 nitrogen and oxygen atoms in total. The number of aliphatic carboxylic acids is 1. The smallest absolute Gasteiger partial charge is 0.317 e. The van der Waals surface area contributed by atoms with Gasteiger partial charge in [0.15, 0.2) is 0 Å². The van der Waals surface area contributed by atoms with Crippen LogP contribution in [-0.2, 0) is 4.79 Å². The number of rotatable bonds is 4. The number of carbonyl (C=O) groups excluding carboxylic acids is 1. The molecule has 0 atom stereocenters. The van der Waals surface area contributed by atoms with Crippen molar-refractivity contribution in [3.8, 4) is 0 Å². The van der Waals surface area contributed by atoms with Gasteiger partial charge in [-0.15, -0.1) is 0 Å². The molecule has 0 aliphatic carbocycles. The number of hydrogen-bond acceptors (Lipinski definition) is 4. The molecule has 2 saturated heterocycles. The van der Waals surface area contributed by atoms with Gasteiger partial charge in [-0.2, -0.15) is 0 Å². The van der Waals surface area contributed by atoms with Gasteiger partial charge in [-0.1, -0.05) is 0 Å². The normalized spacial score (nSPS) is 21.7. The van der Waals surface area contributed by atoms with Crippen LogP contribution >= 0.6 is 0 Å². The standard InChI is InChI=1S/C13H24N4O3/c18-12(19)3-6-16-7-9-17(10-8-16)13(20)15-11-1-4-14-5-2-11/h11,14H,1-10H2,(H,15,20)(H,18,19). The highest BCUT2D eigenvalue weighted by Gasteiger charge is 2.23. The lowest BCUT2D eigenvalue weighted by molar-refractivity contribution is -0.137. The van der Waals surface area contributed by atoms with Gasteiger partial charge in [0.25, 0.3) is 0 Å². The van der Waals surface area contributed by atoms with Crippen LogP contribution in [0.2, 0.25) is 0 Å². The van der Waals surface area contributed by atoms with Crippen molar-refractivity contribution in [2.24, 2.45) is 0 Å². The summed E-state index contributed by atoms with van der Waals surface area (Å²) in [7, 11) is 0. The predicted octanol–water partition coefficient (Wildman–Crippen LogP) is -0.460. The van der Waals surface area contributed by atoms with Crippen LogP contribution in [0.5, 0.6) is 0 Å². The largest absolute Gasteiger partial charge is 0.481 e. The van der Waals surface area contributed by atoms with E-state index in [4.69, 9.17) is 5.11 Å². The summed E-state index contributed by atoms with van der Waals surface area (Å²) in [6, 6.07) is 0.309. The molecule has 2 heterocycles. The van der Waals surface area contributed by atoms with E-state index in [1.54, 1.807) is 0 Å². The van der Waals surface area contributed by atoms with Gasteiger partial charge in [0, 0.05) is 38.8 Å². The number of urea groups is 1. The highest BCUT2D eigenvalue weighted by atomic mass is 16.4. The molecule has 0 aromatic rings. The minimum Gasteiger partial charge on any atom is -0.481 e. The summed E-state index contributed by atoms with van der Waals surface area (Å²) in [5, 5.41) is 15.0. The van der Waals surface area contributed by atoms with Gasteiger partial charge in [-0.25, -0.2) is 4.79 Å². The molecule has 2 fully saturated rings. The van der Waals surface area contributed by atoms with Crippen LogP contribution in [0.3, 0.4) is 0 Å². The number of carboxylic acids is 1. The van der Waals surface area contributed by atoms with Gasteiger partial charge >= 0.3 is 12.0 Å². The van der Waals surface area contributed by atoms with Crippen LogP contribution in [-0.4, -0.2) is 78.8 Å². The van der Waals surface area contributed by atoms with E-state index in [1.165, 1.54) is 0 Å². The average Bonchev–Trinajstić information content (AvgIpc) is 2.46. The molecule has 2 rings (SSSR count). The molecule has 2 aliphatic heterocycles. The SMILES string of the molecule is O=C(O)CCN1CCN(C(=O)NC2CCNCC2)CC1. The van der Waals surface area contributed by atoms with Crippen LogP contribution in [0.25, 0.3) is 0 Å². The maximum Gasteiger partial charge on any atom is 0.317 e. The van der Waals surface area contributed by atoms with E-state index in [0.717, 1.165) is 39.0 Å². The fourth-order valence-electron chi connectivity index (χ4n) is 2.66. The predicted molar refractivity (Wildman–Crippen MR) is 74.7 cm³/mol. The van der Waals surface area contributed by atoms with Gasteiger partial charge in [0.2, 0.25) is 0 Å². The number of hydrogen-bond donors (Lipinski definition) is 3. The molecule has 114 valence electrons. The number of amides is 2. The Morgan fingerprint density at radius 3 is 2.40 bits per heavy atom. The second-order valence-electron chi connectivity index (χ2n) is 5.45. The Bertz CT molecular complexity index is 337. The molecule has 0 aromatic carbocycles. The Balaban J connectivity index is 1.67. The lowest BCUT2D eigenvalue weighted by atomic mass is 10.1. The summed E-state index contributed by atoms with van der Waals surface area (Å²) in [6.07, 6.45) is 2.15. The molecule has 0 spiro atoms. The zero-order valence-electron chi connectivity index (χ0n) is 11.8. The summed E-state index contributed by atoms with van der Waals surface area (Å²) in [6.45, 7) is 5.37. The lowest BCUT2D eigenvalue weighted by Gasteiger charge is -2.35. The highest BCUT2D eigenvalue weighted by molar-refractivity contribution is 5.74. The Morgan fingerprint density at radius 1 is 1.15 bits per heavy atom. The number of nitrogens with one attached hydrogen (secondary N) is 2. The van der Waals surface area contributed by atoms with E-state index in [9.17, 15) is 9.59 Å². The van der Waals surface area contributed by atoms with Gasteiger partial charge in [0.1, 0.15) is 0 Å². The van der Waals surface area contributed by atoms with Crippen molar-refractivity contribution in [2.45, 2.75) is 25.3 Å². The fraction of sp³-hybridized carbons (Fsp3) is 0.846. The van der Waals surface area contributed by atoms with Gasteiger partial charge in [0.05, 0.1) is 6.42 Å². The van der Waals surface area contributed by atoms with E-state index in [1.807, 2.05) is 4.90 Å². The topological polar surface area (TPSA) is 84.9 Å². The number of nitrogens with zero attached hydrogens (tertiary/aromatic N) is 2. The number of piperazine rings is 1. The van der Waals surface area contributed by atoms with Crippen LogP contribution in [0.15, 0.2) is 0 Å². The van der Waals surface area contributed by atoms with Crippen molar-refractivity contribution < 1.29 is 14.7 Å². The number of carboxylic acid groups (broad SMARTS) is 1. The van der Waals surface area contributed by atoms with Crippen LogP contribution in [0.4, 0.5) is 4.79 Å². The van der Waals surface area contributed by atoms with Crippen molar-refractivity contribution in [1.82, 2.24) is 20.4 Å². The van der Waals surface area contributed by atoms with Gasteiger partial charge < -0.3 is 20.6 Å². The summed E-state index contributed by atoms with van der Waals surface area (Å²) < 4.78 is 0. The first kappa shape index (κ1) is 15.1. The third kappa shape index (κ3) is 4.64. The minimum absolute atomic E-state index is 0.0229. The minimum atomic E-state index is -0.768. The van der Waals surface area contributed by atoms with Crippen LogP contribution in [0.1, 0.15) is 19.3 Å². The van der Waals surface area contributed by atoms with Crippen molar-refractivity contribution in [2.75, 3.05) is 45.8 Å². The summed E-state index contributed by atoms with van der Waals surface area (Å²) in [4.78, 5) is 26.6. The van der Waals surface area contributed by atoms with E-state index in [0.29, 0.717) is 19.6 Å². The molecule has 3 N–H and O–H groups in total. The average molecular weight is 284 g/mol. The Morgan fingerprint density at radius 2 is 1.80 bits per heavy atom. The first-order chi connectivity index (χ1) is 9.65. The first-order valence-electron chi connectivity index (χ1n) is 7.35. The van der Waals surface area contributed by atoms with Crippen LogP contribution in [0, 0.1) is 0 Å². The highest BCUT2D eigenvalue weighted by Crippen LogP contribution is 2.06. The van der Waals surface area contributed by atoms with Crippen molar-refractivity contribution in [3.05, 3.63) is 0 Å². The van der Waals surface area contributed by atoms with E-state index in [2.05, 4.69) is 15.5 Å². The molecule has 0 unspecified atom stereocenters. The van der Waals surface area contributed by atoms with Crippen molar-refractivity contribution in [1.29, 1.82) is 0 Å². The second kappa shape index (κ2) is 7.44. The lowest BCUT2D eigenvalue weighted by Crippen LogP contribution is -2.54. The third-order valence-corrected chi connectivity index (χ3v) is 3.97. The maximum atomic E-state index is 12.1. The quantitative estimate of drug-likeness (QED) is 0.650. The fourth-order valence-corrected chi connectivity index (χ4v) is 2.66. The summed E-state index contributed by atoms with van der Waals surface area (Å²) in [5.74, 6) is -0.768. The molecule has 20 heavy (non-hydrogen) atoms. The van der Waals surface area contributed by atoms with E-state index < -0.39 is 5.97 Å². The molecule has 2 aliphatic rings. The van der Waals surface area contributed by atoms with Crippen molar-refractivity contribution >= 4 is 12.0 Å². The number of piperidine rings is 1. The van der Waals surface area contributed by atoms with E-state index in [-0.39, 0.29) is 18.5 Å². The molecule has 0 aromatic heterocycles. The molecular weight excluding hydrogens is 260 g/mol. The Hall–Kier alpha value is -1.34. The van der Waals surface area contributed by atoms with Gasteiger partial charge in [-0.05, 0) is 25.9 Å². The molecular formula is C13H24N4O3. The summed E-state index contributed by atoms with van der Waals surface area (Å²) >= 11 is 0. The molecule has 2 amide bonds. The van der Waals surface area contributed by atoms with Gasteiger partial charge in [-0.3, -0.25) is 9.69 Å². The summed E-state index contributed by atoms with van der Waals surface area (Å²) in [5.41, 5.74) is 0. The Kier molecular flexibility index (Phi) is 5.60. The number of carbonyl (C=O) groups is 2. The van der Waals surface area contributed by atoms with E-state index >= 15 is 0 Å².